The van der Waals surface area contributed by atoms with Crippen LogP contribution in [-0.2, 0) is 0 Å². The van der Waals surface area contributed by atoms with Crippen molar-refractivity contribution in [3.63, 3.8) is 0 Å². The van der Waals surface area contributed by atoms with E-state index in [1.54, 1.807) is 6.33 Å². The number of hydrogen-bond donors (Lipinski definition) is 2. The summed E-state index contributed by atoms with van der Waals surface area (Å²) in [6, 6.07) is 0.603. The molecule has 1 aromatic heterocycles. The van der Waals surface area contributed by atoms with E-state index in [9.17, 15) is 5.11 Å². The topological polar surface area (TPSA) is 64.1 Å². The number of aromatic nitrogens is 2. The van der Waals surface area contributed by atoms with E-state index in [0.717, 1.165) is 0 Å². The van der Waals surface area contributed by atoms with Crippen LogP contribution >= 0.6 is 0 Å². The normalized spacial score (nSPS) is 19.8. The maximum atomic E-state index is 9.41. The summed E-state index contributed by atoms with van der Waals surface area (Å²) in [5, 5.41) is 9.41. The summed E-state index contributed by atoms with van der Waals surface area (Å²) in [7, 11) is 0. The molecule has 0 bridgehead atoms. The minimum atomic E-state index is -0.610. The number of nitrogens with two attached hydrogens (primary N) is 1. The highest BCUT2D eigenvalue weighted by Gasteiger charge is 2.20. The molecule has 3 N–H and O–H groups in total. The standard InChI is InChI=1S/C9H15N3O/c10-4-9(13)8-5-12(6-11-8)7-2-1-3-7/h5-7,9,13H,1-4,10H2. The first-order chi connectivity index (χ1) is 6.31. The highest BCUT2D eigenvalue weighted by atomic mass is 16.3. The molecule has 1 aromatic rings. The van der Waals surface area contributed by atoms with Gasteiger partial charge in [0.1, 0.15) is 6.10 Å². The lowest BCUT2D eigenvalue weighted by molar-refractivity contribution is 0.182. The number of aliphatic hydroxyl groups excluding tert-OH is 1. The fourth-order valence-corrected chi connectivity index (χ4v) is 1.53. The molecular weight excluding hydrogens is 166 g/mol. The fraction of sp³-hybridized carbons (Fsp3) is 0.667. The zero-order valence-corrected chi connectivity index (χ0v) is 7.56. The Morgan fingerprint density at radius 1 is 1.69 bits per heavy atom. The number of aliphatic hydroxyl groups is 1. The Kier molecular flexibility index (Phi) is 2.33. The van der Waals surface area contributed by atoms with Crippen LogP contribution in [0.3, 0.4) is 0 Å². The lowest BCUT2D eigenvalue weighted by Crippen LogP contribution is -2.15. The van der Waals surface area contributed by atoms with Crippen molar-refractivity contribution in [3.05, 3.63) is 18.2 Å². The summed E-state index contributed by atoms with van der Waals surface area (Å²) in [5.41, 5.74) is 6.03. The quantitative estimate of drug-likeness (QED) is 0.717. The first-order valence-corrected chi connectivity index (χ1v) is 4.72. The Bertz CT molecular complexity index is 261. The number of nitrogens with zero attached hydrogens (tertiary/aromatic N) is 2. The van der Waals surface area contributed by atoms with Gasteiger partial charge in [-0.3, -0.25) is 0 Å². The molecule has 0 saturated heterocycles. The van der Waals surface area contributed by atoms with Crippen LogP contribution in [0, 0.1) is 0 Å². The average molecular weight is 181 g/mol. The summed E-state index contributed by atoms with van der Waals surface area (Å²) in [4.78, 5) is 4.12. The van der Waals surface area contributed by atoms with E-state index in [4.69, 9.17) is 5.73 Å². The van der Waals surface area contributed by atoms with Gasteiger partial charge in [-0.2, -0.15) is 0 Å². The molecule has 1 aliphatic rings. The lowest BCUT2D eigenvalue weighted by Gasteiger charge is -2.26. The predicted octanol–water partition coefficient (Wildman–Crippen LogP) is 0.600. The van der Waals surface area contributed by atoms with E-state index in [2.05, 4.69) is 9.55 Å². The maximum Gasteiger partial charge on any atom is 0.110 e. The lowest BCUT2D eigenvalue weighted by atomic mass is 9.93. The Morgan fingerprint density at radius 2 is 2.46 bits per heavy atom. The third-order valence-corrected chi connectivity index (χ3v) is 2.68. The number of rotatable bonds is 3. The van der Waals surface area contributed by atoms with Crippen LogP contribution in [0.2, 0.25) is 0 Å². The molecule has 13 heavy (non-hydrogen) atoms. The Labute approximate surface area is 77.4 Å². The monoisotopic (exact) mass is 181 g/mol. The van der Waals surface area contributed by atoms with E-state index in [0.29, 0.717) is 11.7 Å². The second-order valence-electron chi connectivity index (χ2n) is 3.58. The van der Waals surface area contributed by atoms with Crippen molar-refractivity contribution in [2.24, 2.45) is 5.73 Å². The molecule has 4 heteroatoms. The molecule has 0 aromatic carbocycles. The molecule has 1 aliphatic carbocycles. The summed E-state index contributed by atoms with van der Waals surface area (Å²) in [5.74, 6) is 0. The average Bonchev–Trinajstić information content (AvgIpc) is 2.49. The summed E-state index contributed by atoms with van der Waals surface area (Å²) in [6.45, 7) is 0.238. The number of imidazole rings is 1. The van der Waals surface area contributed by atoms with E-state index >= 15 is 0 Å². The second kappa shape index (κ2) is 3.47. The maximum absolute atomic E-state index is 9.41. The molecule has 72 valence electrons. The molecular formula is C9H15N3O. The van der Waals surface area contributed by atoms with Crippen molar-refractivity contribution >= 4 is 0 Å². The van der Waals surface area contributed by atoms with E-state index < -0.39 is 6.10 Å². The van der Waals surface area contributed by atoms with Crippen molar-refractivity contribution in [3.8, 4) is 0 Å². The van der Waals surface area contributed by atoms with Gasteiger partial charge in [-0.25, -0.2) is 4.98 Å². The fourth-order valence-electron chi connectivity index (χ4n) is 1.53. The molecule has 0 spiro atoms. The Hall–Kier alpha value is -0.870. The van der Waals surface area contributed by atoms with Crippen molar-refractivity contribution in [1.82, 2.24) is 9.55 Å². The van der Waals surface area contributed by atoms with E-state index in [-0.39, 0.29) is 6.54 Å². The molecule has 0 aliphatic heterocycles. The van der Waals surface area contributed by atoms with Crippen LogP contribution in [0.15, 0.2) is 12.5 Å². The van der Waals surface area contributed by atoms with Gasteiger partial charge >= 0.3 is 0 Å². The van der Waals surface area contributed by atoms with Gasteiger partial charge in [0.15, 0.2) is 0 Å². The van der Waals surface area contributed by atoms with Gasteiger partial charge in [0, 0.05) is 18.8 Å². The molecule has 0 radical (unpaired) electrons. The van der Waals surface area contributed by atoms with Crippen LogP contribution in [0.25, 0.3) is 0 Å². The first-order valence-electron chi connectivity index (χ1n) is 4.72. The molecule has 1 unspecified atom stereocenters. The predicted molar refractivity (Wildman–Crippen MR) is 49.1 cm³/mol. The SMILES string of the molecule is NCC(O)c1cn(C2CCC2)cn1. The molecule has 1 heterocycles. The summed E-state index contributed by atoms with van der Waals surface area (Å²) >= 11 is 0. The van der Waals surface area contributed by atoms with Gasteiger partial charge in [0.05, 0.1) is 12.0 Å². The van der Waals surface area contributed by atoms with Gasteiger partial charge in [0.25, 0.3) is 0 Å². The smallest absolute Gasteiger partial charge is 0.110 e. The highest BCUT2D eigenvalue weighted by molar-refractivity contribution is 5.03. The molecule has 1 fully saturated rings. The van der Waals surface area contributed by atoms with Crippen molar-refractivity contribution in [1.29, 1.82) is 0 Å². The zero-order valence-electron chi connectivity index (χ0n) is 7.56. The second-order valence-corrected chi connectivity index (χ2v) is 3.58. The van der Waals surface area contributed by atoms with E-state index in [1.165, 1.54) is 19.3 Å². The first kappa shape index (κ1) is 8.72. The van der Waals surface area contributed by atoms with Gasteiger partial charge in [-0.1, -0.05) is 0 Å². The minimum Gasteiger partial charge on any atom is -0.385 e. The Balaban J connectivity index is 2.08. The Morgan fingerprint density at radius 3 is 3.00 bits per heavy atom. The van der Waals surface area contributed by atoms with Gasteiger partial charge in [-0.05, 0) is 19.3 Å². The van der Waals surface area contributed by atoms with Crippen molar-refractivity contribution < 1.29 is 5.11 Å². The van der Waals surface area contributed by atoms with Crippen molar-refractivity contribution in [2.45, 2.75) is 31.4 Å². The van der Waals surface area contributed by atoms with E-state index in [1.807, 2.05) is 6.20 Å². The molecule has 1 saturated carbocycles. The number of hydrogen-bond acceptors (Lipinski definition) is 3. The van der Waals surface area contributed by atoms with Gasteiger partial charge in [0.2, 0.25) is 0 Å². The van der Waals surface area contributed by atoms with Crippen LogP contribution in [-0.4, -0.2) is 21.2 Å². The van der Waals surface area contributed by atoms with Gasteiger partial charge < -0.3 is 15.4 Å². The van der Waals surface area contributed by atoms with Crippen LogP contribution in [0.1, 0.15) is 37.1 Å². The van der Waals surface area contributed by atoms with Crippen LogP contribution in [0.4, 0.5) is 0 Å². The molecule has 4 nitrogen and oxygen atoms in total. The molecule has 0 amide bonds. The minimum absolute atomic E-state index is 0.238. The van der Waals surface area contributed by atoms with Crippen LogP contribution < -0.4 is 5.73 Å². The molecule has 1 atom stereocenters. The van der Waals surface area contributed by atoms with Crippen molar-refractivity contribution in [2.75, 3.05) is 6.54 Å². The van der Waals surface area contributed by atoms with Crippen LogP contribution in [0.5, 0.6) is 0 Å². The zero-order chi connectivity index (χ0) is 9.26. The highest BCUT2D eigenvalue weighted by Crippen LogP contribution is 2.31. The summed E-state index contributed by atoms with van der Waals surface area (Å²) < 4.78 is 2.08. The third-order valence-electron chi connectivity index (χ3n) is 2.68. The summed E-state index contributed by atoms with van der Waals surface area (Å²) in [6.07, 6.45) is 6.85. The van der Waals surface area contributed by atoms with Gasteiger partial charge in [-0.15, -0.1) is 0 Å². The third kappa shape index (κ3) is 1.59. The molecule has 2 rings (SSSR count). The largest absolute Gasteiger partial charge is 0.385 e.